The number of rotatable bonds is 4. The molecular weight excluding hydrogens is 233 g/mol. The molecule has 0 aromatic heterocycles. The maximum Gasteiger partial charge on any atom is 0.251 e. The first-order chi connectivity index (χ1) is 7.13. The van der Waals surface area contributed by atoms with Crippen LogP contribution in [0.25, 0.3) is 0 Å². The molecule has 1 amide bonds. The minimum absolute atomic E-state index is 0.0886. The topological polar surface area (TPSA) is 29.1 Å². The van der Waals surface area contributed by atoms with Crippen LogP contribution in [0.3, 0.4) is 0 Å². The second-order valence-corrected chi connectivity index (χ2v) is 4.17. The first-order valence-electron chi connectivity index (χ1n) is 4.76. The van der Waals surface area contributed by atoms with Crippen LogP contribution in [0.2, 0.25) is 5.02 Å². The quantitative estimate of drug-likeness (QED) is 0.812. The van der Waals surface area contributed by atoms with Gasteiger partial charge in [0.25, 0.3) is 5.91 Å². The van der Waals surface area contributed by atoms with Gasteiger partial charge < -0.3 is 5.32 Å². The lowest BCUT2D eigenvalue weighted by atomic mass is 10.2. The number of hydrogen-bond donors (Lipinski definition) is 1. The van der Waals surface area contributed by atoms with Gasteiger partial charge in [0.1, 0.15) is 0 Å². The second-order valence-electron chi connectivity index (χ2n) is 3.36. The third kappa shape index (κ3) is 4.10. The van der Waals surface area contributed by atoms with E-state index in [4.69, 9.17) is 23.2 Å². The molecule has 1 aromatic carbocycles. The Morgan fingerprint density at radius 3 is 2.53 bits per heavy atom. The molecule has 4 heteroatoms. The van der Waals surface area contributed by atoms with Gasteiger partial charge >= 0.3 is 0 Å². The number of hydrogen-bond acceptors (Lipinski definition) is 1. The Bertz CT molecular complexity index is 324. The zero-order valence-corrected chi connectivity index (χ0v) is 9.98. The molecule has 1 atom stereocenters. The van der Waals surface area contributed by atoms with Crippen LogP contribution in [0.4, 0.5) is 0 Å². The molecule has 15 heavy (non-hydrogen) atoms. The average Bonchev–Trinajstić information content (AvgIpc) is 2.18. The molecule has 1 N–H and O–H groups in total. The Kier molecular flexibility index (Phi) is 4.92. The predicted octanol–water partition coefficient (Wildman–Crippen LogP) is 3.09. The molecule has 2 nitrogen and oxygen atoms in total. The highest BCUT2D eigenvalue weighted by molar-refractivity contribution is 6.30. The molecule has 0 aliphatic carbocycles. The van der Waals surface area contributed by atoms with Crippen molar-refractivity contribution in [1.82, 2.24) is 5.32 Å². The number of halogens is 2. The average molecular weight is 246 g/mol. The largest absolute Gasteiger partial charge is 0.350 e. The summed E-state index contributed by atoms with van der Waals surface area (Å²) in [6.07, 6.45) is 0.765. The van der Waals surface area contributed by atoms with E-state index in [1.165, 1.54) is 0 Å². The van der Waals surface area contributed by atoms with E-state index in [9.17, 15) is 4.79 Å². The standard InChI is InChI=1S/C11H13Cl2NO/c1-8(6-7-12)14-11(15)9-2-4-10(13)5-3-9/h2-5,8H,6-7H2,1H3,(H,14,15). The second kappa shape index (κ2) is 5.99. The van der Waals surface area contributed by atoms with Crippen molar-refractivity contribution >= 4 is 29.1 Å². The van der Waals surface area contributed by atoms with Crippen LogP contribution in [0.1, 0.15) is 23.7 Å². The predicted molar refractivity (Wildman–Crippen MR) is 63.7 cm³/mol. The molecule has 1 rings (SSSR count). The van der Waals surface area contributed by atoms with Gasteiger partial charge in [0.05, 0.1) is 0 Å². The summed E-state index contributed by atoms with van der Waals surface area (Å²) in [5.41, 5.74) is 0.612. The van der Waals surface area contributed by atoms with Gasteiger partial charge in [-0.2, -0.15) is 0 Å². The fraction of sp³-hybridized carbons (Fsp3) is 0.364. The molecule has 0 fully saturated rings. The monoisotopic (exact) mass is 245 g/mol. The first-order valence-corrected chi connectivity index (χ1v) is 5.67. The maximum absolute atomic E-state index is 11.6. The van der Waals surface area contributed by atoms with Crippen LogP contribution in [0, 0.1) is 0 Å². The van der Waals surface area contributed by atoms with Crippen molar-refractivity contribution in [1.29, 1.82) is 0 Å². The molecule has 1 unspecified atom stereocenters. The summed E-state index contributed by atoms with van der Waals surface area (Å²) in [6.45, 7) is 1.93. The highest BCUT2D eigenvalue weighted by atomic mass is 35.5. The summed E-state index contributed by atoms with van der Waals surface area (Å²) in [7, 11) is 0. The van der Waals surface area contributed by atoms with E-state index in [0.29, 0.717) is 16.5 Å². The maximum atomic E-state index is 11.6. The Labute approximate surface area is 99.6 Å². The molecule has 0 saturated heterocycles. The van der Waals surface area contributed by atoms with Crippen molar-refractivity contribution in [2.45, 2.75) is 19.4 Å². The van der Waals surface area contributed by atoms with Gasteiger partial charge in [0.2, 0.25) is 0 Å². The fourth-order valence-corrected chi connectivity index (χ4v) is 1.60. The van der Waals surface area contributed by atoms with Crippen LogP contribution < -0.4 is 5.32 Å². The van der Waals surface area contributed by atoms with Crippen molar-refractivity contribution in [2.24, 2.45) is 0 Å². The van der Waals surface area contributed by atoms with Crippen LogP contribution in [-0.2, 0) is 0 Å². The Morgan fingerprint density at radius 2 is 2.00 bits per heavy atom. The van der Waals surface area contributed by atoms with E-state index >= 15 is 0 Å². The SMILES string of the molecule is CC(CCCl)NC(=O)c1ccc(Cl)cc1. The molecule has 82 valence electrons. The number of amides is 1. The molecule has 1 aromatic rings. The number of carbonyl (C=O) groups excluding carboxylic acids is 1. The van der Waals surface area contributed by atoms with Gasteiger partial charge in [-0.15, -0.1) is 11.6 Å². The number of nitrogens with one attached hydrogen (secondary N) is 1. The van der Waals surface area contributed by atoms with Crippen molar-refractivity contribution in [3.8, 4) is 0 Å². The Balaban J connectivity index is 2.57. The van der Waals surface area contributed by atoms with Gasteiger partial charge in [-0.3, -0.25) is 4.79 Å². The van der Waals surface area contributed by atoms with Crippen LogP contribution in [0.5, 0.6) is 0 Å². The number of carbonyl (C=O) groups is 1. The normalized spacial score (nSPS) is 12.2. The lowest BCUT2D eigenvalue weighted by molar-refractivity contribution is 0.0939. The van der Waals surface area contributed by atoms with E-state index in [0.717, 1.165) is 6.42 Å². The Hall–Kier alpha value is -0.730. The van der Waals surface area contributed by atoms with Gasteiger partial charge in [-0.05, 0) is 37.6 Å². The molecule has 0 saturated carbocycles. The van der Waals surface area contributed by atoms with Gasteiger partial charge in [0, 0.05) is 22.5 Å². The zero-order valence-electron chi connectivity index (χ0n) is 8.47. The molecule has 0 radical (unpaired) electrons. The third-order valence-corrected chi connectivity index (χ3v) is 2.50. The number of alkyl halides is 1. The highest BCUT2D eigenvalue weighted by Gasteiger charge is 2.08. The van der Waals surface area contributed by atoms with Gasteiger partial charge in [-0.25, -0.2) is 0 Å². The van der Waals surface area contributed by atoms with E-state index in [1.807, 2.05) is 6.92 Å². The molecule has 0 heterocycles. The number of benzene rings is 1. The van der Waals surface area contributed by atoms with Crippen molar-refractivity contribution in [3.63, 3.8) is 0 Å². The summed E-state index contributed by atoms with van der Waals surface area (Å²) in [4.78, 5) is 11.6. The van der Waals surface area contributed by atoms with E-state index in [2.05, 4.69) is 5.32 Å². The molecule has 0 aliphatic heterocycles. The highest BCUT2D eigenvalue weighted by Crippen LogP contribution is 2.09. The molecular formula is C11H13Cl2NO. The van der Waals surface area contributed by atoms with Gasteiger partial charge in [-0.1, -0.05) is 11.6 Å². The lowest BCUT2D eigenvalue weighted by Gasteiger charge is -2.12. The van der Waals surface area contributed by atoms with E-state index in [1.54, 1.807) is 24.3 Å². The summed E-state index contributed by atoms with van der Waals surface area (Å²) >= 11 is 11.3. The smallest absolute Gasteiger partial charge is 0.251 e. The fourth-order valence-electron chi connectivity index (χ4n) is 1.14. The first kappa shape index (κ1) is 12.3. The zero-order chi connectivity index (χ0) is 11.3. The van der Waals surface area contributed by atoms with Crippen LogP contribution >= 0.6 is 23.2 Å². The van der Waals surface area contributed by atoms with Crippen molar-refractivity contribution in [3.05, 3.63) is 34.9 Å². The van der Waals surface area contributed by atoms with E-state index in [-0.39, 0.29) is 11.9 Å². The molecule has 0 spiro atoms. The van der Waals surface area contributed by atoms with Gasteiger partial charge in [0.15, 0.2) is 0 Å². The minimum atomic E-state index is -0.0933. The van der Waals surface area contributed by atoms with Crippen molar-refractivity contribution in [2.75, 3.05) is 5.88 Å². The minimum Gasteiger partial charge on any atom is -0.350 e. The third-order valence-electron chi connectivity index (χ3n) is 2.03. The molecule has 0 bridgehead atoms. The van der Waals surface area contributed by atoms with Crippen LogP contribution in [0.15, 0.2) is 24.3 Å². The summed E-state index contributed by atoms with van der Waals surface area (Å²) < 4.78 is 0. The summed E-state index contributed by atoms with van der Waals surface area (Å²) in [6, 6.07) is 6.88. The Morgan fingerprint density at radius 1 is 1.40 bits per heavy atom. The van der Waals surface area contributed by atoms with Crippen molar-refractivity contribution < 1.29 is 4.79 Å². The van der Waals surface area contributed by atoms with Crippen LogP contribution in [-0.4, -0.2) is 17.8 Å². The van der Waals surface area contributed by atoms with E-state index < -0.39 is 0 Å². The summed E-state index contributed by atoms with van der Waals surface area (Å²) in [5, 5.41) is 3.48. The lowest BCUT2D eigenvalue weighted by Crippen LogP contribution is -2.32. The molecule has 0 aliphatic rings. The summed E-state index contributed by atoms with van der Waals surface area (Å²) in [5.74, 6) is 0.450.